The van der Waals surface area contributed by atoms with E-state index in [2.05, 4.69) is 6.07 Å². The third-order valence-corrected chi connectivity index (χ3v) is 4.22. The van der Waals surface area contributed by atoms with Gasteiger partial charge in [-0.05, 0) is 42.3 Å². The highest BCUT2D eigenvalue weighted by Crippen LogP contribution is 2.32. The van der Waals surface area contributed by atoms with E-state index in [4.69, 9.17) is 4.74 Å². The normalized spacial score (nSPS) is 12.8. The first kappa shape index (κ1) is 14.5. The second kappa shape index (κ2) is 6.20. The molecule has 0 spiro atoms. The summed E-state index contributed by atoms with van der Waals surface area (Å²) in [5.74, 6) is 1.28. The summed E-state index contributed by atoms with van der Waals surface area (Å²) >= 11 is 0. The van der Waals surface area contributed by atoms with Gasteiger partial charge in [0.05, 0.1) is 5.56 Å². The maximum absolute atomic E-state index is 13.1. The predicted molar refractivity (Wildman–Crippen MR) is 94.8 cm³/mol. The largest absolute Gasteiger partial charge is 0.457 e. The second-order valence-electron chi connectivity index (χ2n) is 5.75. The van der Waals surface area contributed by atoms with Gasteiger partial charge in [0.2, 0.25) is 0 Å². The molecule has 3 aromatic carbocycles. The van der Waals surface area contributed by atoms with Gasteiger partial charge in [0.15, 0.2) is 0 Å². The number of para-hydroxylation sites is 3. The van der Waals surface area contributed by atoms with Gasteiger partial charge < -0.3 is 9.64 Å². The summed E-state index contributed by atoms with van der Waals surface area (Å²) in [6.07, 6.45) is 0.892. The Morgan fingerprint density at radius 3 is 2.42 bits per heavy atom. The fourth-order valence-corrected chi connectivity index (χ4v) is 3.04. The van der Waals surface area contributed by atoms with Crippen LogP contribution in [-0.4, -0.2) is 12.5 Å². The zero-order chi connectivity index (χ0) is 16.4. The Bertz CT molecular complexity index is 874. The van der Waals surface area contributed by atoms with Gasteiger partial charge in [-0.2, -0.15) is 0 Å². The third kappa shape index (κ3) is 2.65. The highest BCUT2D eigenvalue weighted by molar-refractivity contribution is 6.09. The van der Waals surface area contributed by atoms with E-state index in [0.29, 0.717) is 17.9 Å². The van der Waals surface area contributed by atoms with Gasteiger partial charge in [-0.15, -0.1) is 0 Å². The molecule has 0 saturated carbocycles. The number of rotatable bonds is 3. The van der Waals surface area contributed by atoms with E-state index in [0.717, 1.165) is 17.9 Å². The fraction of sp³-hybridized carbons (Fsp3) is 0.0952. The molecule has 0 unspecified atom stereocenters. The van der Waals surface area contributed by atoms with Crippen LogP contribution < -0.4 is 9.64 Å². The van der Waals surface area contributed by atoms with Crippen LogP contribution in [0.15, 0.2) is 78.9 Å². The lowest BCUT2D eigenvalue weighted by Crippen LogP contribution is -2.29. The average Bonchev–Trinajstić information content (AvgIpc) is 3.07. The number of carbonyl (C=O) groups is 1. The van der Waals surface area contributed by atoms with Crippen LogP contribution in [0.1, 0.15) is 15.9 Å². The molecule has 0 fully saturated rings. The molecule has 1 aliphatic rings. The van der Waals surface area contributed by atoms with Gasteiger partial charge in [-0.3, -0.25) is 4.79 Å². The SMILES string of the molecule is O=C(c1ccccc1Oc1ccccc1)N1CCc2ccccc21. The predicted octanol–water partition coefficient (Wildman–Crippen LogP) is 4.68. The second-order valence-corrected chi connectivity index (χ2v) is 5.75. The van der Waals surface area contributed by atoms with Gasteiger partial charge >= 0.3 is 0 Å². The van der Waals surface area contributed by atoms with E-state index < -0.39 is 0 Å². The Morgan fingerprint density at radius 1 is 0.833 bits per heavy atom. The lowest BCUT2D eigenvalue weighted by molar-refractivity contribution is 0.0987. The Labute approximate surface area is 141 Å². The van der Waals surface area contributed by atoms with Crippen molar-refractivity contribution in [3.05, 3.63) is 90.0 Å². The van der Waals surface area contributed by atoms with Crippen LogP contribution in [-0.2, 0) is 6.42 Å². The molecule has 24 heavy (non-hydrogen) atoms. The van der Waals surface area contributed by atoms with E-state index in [1.165, 1.54) is 5.56 Å². The number of ether oxygens (including phenoxy) is 1. The van der Waals surface area contributed by atoms with Crippen molar-refractivity contribution in [1.29, 1.82) is 0 Å². The molecule has 0 saturated heterocycles. The fourth-order valence-electron chi connectivity index (χ4n) is 3.04. The van der Waals surface area contributed by atoms with Gasteiger partial charge in [-0.25, -0.2) is 0 Å². The van der Waals surface area contributed by atoms with Crippen LogP contribution in [0.2, 0.25) is 0 Å². The topological polar surface area (TPSA) is 29.5 Å². The Balaban J connectivity index is 1.66. The summed E-state index contributed by atoms with van der Waals surface area (Å²) in [4.78, 5) is 14.9. The first-order valence-corrected chi connectivity index (χ1v) is 8.04. The van der Waals surface area contributed by atoms with E-state index in [-0.39, 0.29) is 5.91 Å². The van der Waals surface area contributed by atoms with Crippen LogP contribution in [0.25, 0.3) is 0 Å². The molecule has 118 valence electrons. The molecular formula is C21H17NO2. The zero-order valence-corrected chi connectivity index (χ0v) is 13.2. The standard InChI is InChI=1S/C21H17NO2/c23-21(22-15-14-16-8-4-6-12-19(16)22)18-11-5-7-13-20(18)24-17-9-2-1-3-10-17/h1-13H,14-15H2. The van der Waals surface area contributed by atoms with Crippen molar-refractivity contribution in [3.63, 3.8) is 0 Å². The van der Waals surface area contributed by atoms with Crippen molar-refractivity contribution in [3.8, 4) is 11.5 Å². The summed E-state index contributed by atoms with van der Waals surface area (Å²) in [5.41, 5.74) is 2.79. The number of hydrogen-bond donors (Lipinski definition) is 0. The molecule has 3 heteroatoms. The summed E-state index contributed by atoms with van der Waals surface area (Å²) in [7, 11) is 0. The Kier molecular flexibility index (Phi) is 3.75. The van der Waals surface area contributed by atoms with Crippen LogP contribution in [0.4, 0.5) is 5.69 Å². The molecule has 1 amide bonds. The molecule has 0 radical (unpaired) electrons. The van der Waals surface area contributed by atoms with Crippen molar-refractivity contribution in [2.24, 2.45) is 0 Å². The highest BCUT2D eigenvalue weighted by atomic mass is 16.5. The Hall–Kier alpha value is -3.07. The van der Waals surface area contributed by atoms with Crippen LogP contribution in [0.5, 0.6) is 11.5 Å². The maximum atomic E-state index is 13.1. The minimum absolute atomic E-state index is 0.0218. The monoisotopic (exact) mass is 315 g/mol. The van der Waals surface area contributed by atoms with E-state index >= 15 is 0 Å². The number of hydrogen-bond acceptors (Lipinski definition) is 2. The lowest BCUT2D eigenvalue weighted by atomic mass is 10.1. The zero-order valence-electron chi connectivity index (χ0n) is 13.2. The van der Waals surface area contributed by atoms with E-state index in [1.807, 2.05) is 77.7 Å². The Morgan fingerprint density at radius 2 is 1.54 bits per heavy atom. The number of nitrogens with zero attached hydrogens (tertiary/aromatic N) is 1. The number of anilines is 1. The molecule has 1 aliphatic heterocycles. The van der Waals surface area contributed by atoms with Gasteiger partial charge in [-0.1, -0.05) is 48.5 Å². The molecule has 0 aliphatic carbocycles. The van der Waals surface area contributed by atoms with Crippen molar-refractivity contribution in [1.82, 2.24) is 0 Å². The van der Waals surface area contributed by atoms with E-state index in [9.17, 15) is 4.79 Å². The number of amides is 1. The van der Waals surface area contributed by atoms with Crippen LogP contribution in [0, 0.1) is 0 Å². The molecule has 0 bridgehead atoms. The molecule has 0 atom stereocenters. The smallest absolute Gasteiger partial charge is 0.262 e. The molecule has 0 aromatic heterocycles. The summed E-state index contributed by atoms with van der Waals surface area (Å²) in [6, 6.07) is 25.0. The van der Waals surface area contributed by atoms with E-state index in [1.54, 1.807) is 0 Å². The third-order valence-electron chi connectivity index (χ3n) is 4.22. The van der Waals surface area contributed by atoms with Gasteiger partial charge in [0, 0.05) is 12.2 Å². The number of benzene rings is 3. The minimum Gasteiger partial charge on any atom is -0.457 e. The highest BCUT2D eigenvalue weighted by Gasteiger charge is 2.27. The summed E-state index contributed by atoms with van der Waals surface area (Å²) < 4.78 is 5.93. The molecular weight excluding hydrogens is 298 g/mol. The molecule has 4 rings (SSSR count). The summed E-state index contributed by atoms with van der Waals surface area (Å²) in [6.45, 7) is 0.706. The first-order valence-electron chi connectivity index (χ1n) is 8.04. The minimum atomic E-state index is -0.0218. The lowest BCUT2D eigenvalue weighted by Gasteiger charge is -2.19. The van der Waals surface area contributed by atoms with Gasteiger partial charge in [0.1, 0.15) is 11.5 Å². The van der Waals surface area contributed by atoms with Crippen molar-refractivity contribution >= 4 is 11.6 Å². The molecule has 3 aromatic rings. The van der Waals surface area contributed by atoms with Crippen LogP contribution >= 0.6 is 0 Å². The average molecular weight is 315 g/mol. The molecule has 3 nitrogen and oxygen atoms in total. The van der Waals surface area contributed by atoms with Crippen molar-refractivity contribution in [2.75, 3.05) is 11.4 Å². The molecule has 0 N–H and O–H groups in total. The maximum Gasteiger partial charge on any atom is 0.262 e. The number of fused-ring (bicyclic) bond motifs is 1. The quantitative estimate of drug-likeness (QED) is 0.702. The first-order chi connectivity index (χ1) is 11.8. The molecule has 1 heterocycles. The van der Waals surface area contributed by atoms with Crippen molar-refractivity contribution in [2.45, 2.75) is 6.42 Å². The number of carbonyl (C=O) groups excluding carboxylic acids is 1. The van der Waals surface area contributed by atoms with Gasteiger partial charge in [0.25, 0.3) is 5.91 Å². The van der Waals surface area contributed by atoms with Crippen LogP contribution in [0.3, 0.4) is 0 Å². The van der Waals surface area contributed by atoms with Crippen molar-refractivity contribution < 1.29 is 9.53 Å². The summed E-state index contributed by atoms with van der Waals surface area (Å²) in [5, 5.41) is 0.